The van der Waals surface area contributed by atoms with Crippen molar-refractivity contribution in [2.24, 2.45) is 0 Å². The van der Waals surface area contributed by atoms with E-state index in [-0.39, 0.29) is 0 Å². The van der Waals surface area contributed by atoms with E-state index >= 15 is 0 Å². The van der Waals surface area contributed by atoms with Crippen molar-refractivity contribution in [1.29, 1.82) is 0 Å². The van der Waals surface area contributed by atoms with Gasteiger partial charge in [-0.2, -0.15) is 0 Å². The maximum atomic E-state index is 5.81. The van der Waals surface area contributed by atoms with Gasteiger partial charge in [-0.15, -0.1) is 0 Å². The molecule has 0 aromatic heterocycles. The van der Waals surface area contributed by atoms with Gasteiger partial charge in [-0.05, 0) is 12.1 Å². The van der Waals surface area contributed by atoms with Crippen LogP contribution in [0.5, 0.6) is 5.75 Å². The van der Waals surface area contributed by atoms with Gasteiger partial charge in [-0.1, -0.05) is 29.3 Å². The molecule has 1 aromatic carbocycles. The van der Waals surface area contributed by atoms with Crippen molar-refractivity contribution in [2.45, 2.75) is 0 Å². The van der Waals surface area contributed by atoms with Crippen molar-refractivity contribution >= 4 is 28.9 Å². The van der Waals surface area contributed by atoms with Gasteiger partial charge in [0.15, 0.2) is 0 Å². The quantitative estimate of drug-likeness (QED) is 0.857. The van der Waals surface area contributed by atoms with Crippen LogP contribution in [-0.2, 0) is 0 Å². The van der Waals surface area contributed by atoms with Crippen molar-refractivity contribution in [2.75, 3.05) is 19.0 Å². The second-order valence-corrected chi connectivity index (χ2v) is 3.28. The SMILES string of the molecule is COc1cc(Cl)ccc1NC/C=C/Cl. The highest BCUT2D eigenvalue weighted by atomic mass is 35.5. The fraction of sp³-hybridized carbons (Fsp3) is 0.200. The minimum atomic E-state index is 0.653. The Labute approximate surface area is 93.5 Å². The van der Waals surface area contributed by atoms with Gasteiger partial charge in [-0.25, -0.2) is 0 Å². The Morgan fingerprint density at radius 3 is 2.93 bits per heavy atom. The van der Waals surface area contributed by atoms with E-state index in [2.05, 4.69) is 5.32 Å². The molecular formula is C10H11Cl2NO. The normalized spacial score (nSPS) is 10.5. The van der Waals surface area contributed by atoms with E-state index in [9.17, 15) is 0 Å². The highest BCUT2D eigenvalue weighted by Crippen LogP contribution is 2.27. The second-order valence-electron chi connectivity index (χ2n) is 2.59. The lowest BCUT2D eigenvalue weighted by molar-refractivity contribution is 0.416. The summed E-state index contributed by atoms with van der Waals surface area (Å²) in [5.74, 6) is 0.723. The van der Waals surface area contributed by atoms with Gasteiger partial charge in [0.2, 0.25) is 0 Å². The second kappa shape index (κ2) is 5.78. The third-order valence-corrected chi connectivity index (χ3v) is 2.08. The molecule has 0 heterocycles. The van der Waals surface area contributed by atoms with Crippen LogP contribution in [0.25, 0.3) is 0 Å². The summed E-state index contributed by atoms with van der Waals surface area (Å²) in [4.78, 5) is 0. The van der Waals surface area contributed by atoms with Gasteiger partial charge in [0.05, 0.1) is 12.8 Å². The molecule has 0 bridgehead atoms. The molecule has 0 amide bonds. The first-order valence-corrected chi connectivity index (χ1v) is 4.92. The van der Waals surface area contributed by atoms with Gasteiger partial charge in [0.1, 0.15) is 5.75 Å². The Balaban J connectivity index is 2.74. The molecule has 1 rings (SSSR count). The van der Waals surface area contributed by atoms with E-state index in [1.807, 2.05) is 6.07 Å². The van der Waals surface area contributed by atoms with Crippen LogP contribution in [0.15, 0.2) is 29.8 Å². The van der Waals surface area contributed by atoms with Crippen molar-refractivity contribution < 1.29 is 4.74 Å². The number of hydrogen-bond acceptors (Lipinski definition) is 2. The molecule has 0 saturated heterocycles. The first-order chi connectivity index (χ1) is 6.77. The van der Waals surface area contributed by atoms with Gasteiger partial charge in [-0.3, -0.25) is 0 Å². The standard InChI is InChI=1S/C10H11Cl2NO/c1-14-10-7-8(12)3-4-9(10)13-6-2-5-11/h2-5,7,13H,6H2,1H3/b5-2+. The maximum Gasteiger partial charge on any atom is 0.143 e. The largest absolute Gasteiger partial charge is 0.495 e. The summed E-state index contributed by atoms with van der Waals surface area (Å²) in [6.07, 6.45) is 1.80. The maximum absolute atomic E-state index is 5.81. The van der Waals surface area contributed by atoms with Crippen molar-refractivity contribution in [3.63, 3.8) is 0 Å². The zero-order valence-corrected chi connectivity index (χ0v) is 9.27. The summed E-state index contributed by atoms with van der Waals surface area (Å²) in [5.41, 5.74) is 2.36. The fourth-order valence-corrected chi connectivity index (χ4v) is 1.28. The van der Waals surface area contributed by atoms with Crippen molar-refractivity contribution in [1.82, 2.24) is 0 Å². The molecule has 76 valence electrons. The number of benzene rings is 1. The Kier molecular flexibility index (Phi) is 4.63. The highest BCUT2D eigenvalue weighted by Gasteiger charge is 2.01. The van der Waals surface area contributed by atoms with Crippen LogP contribution in [0.3, 0.4) is 0 Å². The number of ether oxygens (including phenoxy) is 1. The number of methoxy groups -OCH3 is 1. The van der Waals surface area contributed by atoms with Gasteiger partial charge < -0.3 is 10.1 Å². The minimum absolute atomic E-state index is 0.653. The molecular weight excluding hydrogens is 221 g/mol. The summed E-state index contributed by atoms with van der Waals surface area (Å²) >= 11 is 11.2. The molecule has 0 atom stereocenters. The molecule has 14 heavy (non-hydrogen) atoms. The average Bonchev–Trinajstić information content (AvgIpc) is 2.20. The molecule has 1 N–H and O–H groups in total. The summed E-state index contributed by atoms with van der Waals surface area (Å²) in [6.45, 7) is 0.654. The van der Waals surface area contributed by atoms with E-state index in [4.69, 9.17) is 27.9 Å². The number of halogens is 2. The molecule has 4 heteroatoms. The zero-order chi connectivity index (χ0) is 10.4. The lowest BCUT2D eigenvalue weighted by Gasteiger charge is -2.09. The van der Waals surface area contributed by atoms with Gasteiger partial charge in [0.25, 0.3) is 0 Å². The van der Waals surface area contributed by atoms with E-state index in [0.29, 0.717) is 11.6 Å². The van der Waals surface area contributed by atoms with Crippen LogP contribution in [0.4, 0.5) is 5.69 Å². The molecule has 2 nitrogen and oxygen atoms in total. The average molecular weight is 232 g/mol. The summed E-state index contributed by atoms with van der Waals surface area (Å²) < 4.78 is 5.15. The van der Waals surface area contributed by atoms with E-state index in [0.717, 1.165) is 11.4 Å². The Hall–Kier alpha value is -0.860. The lowest BCUT2D eigenvalue weighted by atomic mass is 10.3. The van der Waals surface area contributed by atoms with Crippen molar-refractivity contribution in [3.8, 4) is 5.75 Å². The Bertz CT molecular complexity index is 326. The van der Waals surface area contributed by atoms with Gasteiger partial charge in [0, 0.05) is 23.2 Å². The van der Waals surface area contributed by atoms with Gasteiger partial charge >= 0.3 is 0 Å². The van der Waals surface area contributed by atoms with Crippen molar-refractivity contribution in [3.05, 3.63) is 34.8 Å². The third kappa shape index (κ3) is 3.13. The Morgan fingerprint density at radius 1 is 1.50 bits per heavy atom. The predicted molar refractivity (Wildman–Crippen MR) is 61.5 cm³/mol. The summed E-state index contributed by atoms with van der Waals surface area (Å²) in [5, 5.41) is 3.79. The molecule has 0 aliphatic carbocycles. The first kappa shape index (κ1) is 11.2. The Morgan fingerprint density at radius 2 is 2.29 bits per heavy atom. The van der Waals surface area contributed by atoms with Crippen LogP contribution in [0.2, 0.25) is 5.02 Å². The zero-order valence-electron chi connectivity index (χ0n) is 7.76. The number of nitrogens with one attached hydrogen (secondary N) is 1. The van der Waals surface area contributed by atoms with Crippen LogP contribution >= 0.6 is 23.2 Å². The number of anilines is 1. The molecule has 0 aliphatic rings. The number of hydrogen-bond donors (Lipinski definition) is 1. The van der Waals surface area contributed by atoms with E-state index in [1.54, 1.807) is 25.3 Å². The number of rotatable bonds is 4. The van der Waals surface area contributed by atoms with Crippen LogP contribution < -0.4 is 10.1 Å². The molecule has 0 saturated carbocycles. The highest BCUT2D eigenvalue weighted by molar-refractivity contribution is 6.30. The minimum Gasteiger partial charge on any atom is -0.495 e. The van der Waals surface area contributed by atoms with E-state index in [1.165, 1.54) is 5.54 Å². The topological polar surface area (TPSA) is 21.3 Å². The molecule has 1 aromatic rings. The van der Waals surface area contributed by atoms with Crippen LogP contribution in [0, 0.1) is 0 Å². The lowest BCUT2D eigenvalue weighted by Crippen LogP contribution is -2.00. The molecule has 0 unspecified atom stereocenters. The smallest absolute Gasteiger partial charge is 0.143 e. The van der Waals surface area contributed by atoms with E-state index < -0.39 is 0 Å². The summed E-state index contributed by atoms with van der Waals surface area (Å²) in [7, 11) is 1.61. The van der Waals surface area contributed by atoms with Crippen LogP contribution in [0.1, 0.15) is 0 Å². The monoisotopic (exact) mass is 231 g/mol. The molecule has 0 radical (unpaired) electrons. The predicted octanol–water partition coefficient (Wildman–Crippen LogP) is 3.51. The third-order valence-electron chi connectivity index (χ3n) is 1.66. The molecule has 0 aliphatic heterocycles. The fourth-order valence-electron chi connectivity index (χ4n) is 1.02. The first-order valence-electron chi connectivity index (χ1n) is 4.10. The van der Waals surface area contributed by atoms with Crippen LogP contribution in [-0.4, -0.2) is 13.7 Å². The molecule has 0 fully saturated rings. The summed E-state index contributed by atoms with van der Waals surface area (Å²) in [6, 6.07) is 5.42. The molecule has 0 spiro atoms.